The average Bonchev–Trinajstić information content (AvgIpc) is 3.09. The van der Waals surface area contributed by atoms with E-state index in [1.165, 1.54) is 0 Å². The molecule has 10 nitrogen and oxygen atoms in total. The Morgan fingerprint density at radius 2 is 2.11 bits per heavy atom. The first-order chi connectivity index (χ1) is 13.0. The van der Waals surface area contributed by atoms with Gasteiger partial charge in [0.15, 0.2) is 5.52 Å². The molecular weight excluding hydrogens is 350 g/mol. The molecule has 0 unspecified atom stereocenters. The molecule has 10 heteroatoms. The Morgan fingerprint density at radius 1 is 1.30 bits per heavy atom. The molecule has 0 aliphatic rings. The van der Waals surface area contributed by atoms with E-state index in [0.717, 1.165) is 6.42 Å². The minimum atomic E-state index is -0.416. The minimum Gasteiger partial charge on any atom is -0.493 e. The number of fused-ring (bicyclic) bond motifs is 1. The van der Waals surface area contributed by atoms with Crippen LogP contribution in [0.4, 0.5) is 10.5 Å². The van der Waals surface area contributed by atoms with E-state index < -0.39 is 5.56 Å². The van der Waals surface area contributed by atoms with E-state index in [0.29, 0.717) is 23.6 Å². The Labute approximate surface area is 154 Å². The summed E-state index contributed by atoms with van der Waals surface area (Å²) in [6.45, 7) is 6.24. The number of urea groups is 1. The summed E-state index contributed by atoms with van der Waals surface area (Å²) in [6.07, 6.45) is 0.822. The van der Waals surface area contributed by atoms with Crippen molar-refractivity contribution in [2.24, 2.45) is 0 Å². The number of nitrogens with zero attached hydrogens (tertiary/aromatic N) is 3. The number of anilines is 1. The van der Waals surface area contributed by atoms with Crippen LogP contribution in [0.5, 0.6) is 5.75 Å². The van der Waals surface area contributed by atoms with Crippen LogP contribution in [0.25, 0.3) is 22.6 Å². The number of aromatic amines is 2. The molecule has 0 radical (unpaired) electrons. The number of carbonyl (C=O) groups excluding carboxylic acids is 1. The number of carbonyl (C=O) groups is 1. The van der Waals surface area contributed by atoms with Crippen LogP contribution in [0, 0.1) is 0 Å². The topological polar surface area (TPSA) is 138 Å². The van der Waals surface area contributed by atoms with Gasteiger partial charge in [0, 0.05) is 11.7 Å². The molecule has 0 fully saturated rings. The van der Waals surface area contributed by atoms with Gasteiger partial charge in [-0.2, -0.15) is 5.21 Å². The smallest absolute Gasteiger partial charge is 0.319 e. The first-order valence-corrected chi connectivity index (χ1v) is 8.63. The van der Waals surface area contributed by atoms with Crippen LogP contribution in [0.2, 0.25) is 0 Å². The molecule has 2 heterocycles. The van der Waals surface area contributed by atoms with E-state index in [4.69, 9.17) is 4.74 Å². The summed E-state index contributed by atoms with van der Waals surface area (Å²) in [6, 6.07) is 4.81. The number of ether oxygens (including phenoxy) is 1. The molecule has 2 aromatic heterocycles. The monoisotopic (exact) mass is 371 g/mol. The lowest BCUT2D eigenvalue weighted by Gasteiger charge is -2.14. The molecule has 0 spiro atoms. The van der Waals surface area contributed by atoms with Gasteiger partial charge in [0.2, 0.25) is 5.65 Å². The molecule has 3 aromatic rings. The summed E-state index contributed by atoms with van der Waals surface area (Å²) in [5.74, 6) is 0.818. The molecule has 1 aromatic carbocycles. The van der Waals surface area contributed by atoms with Gasteiger partial charge in [0.05, 0.1) is 12.2 Å². The summed E-state index contributed by atoms with van der Waals surface area (Å²) in [7, 11) is 0. The van der Waals surface area contributed by atoms with Crippen molar-refractivity contribution in [3.05, 3.63) is 28.6 Å². The van der Waals surface area contributed by atoms with E-state index in [9.17, 15) is 9.59 Å². The van der Waals surface area contributed by atoms with E-state index >= 15 is 0 Å². The maximum absolute atomic E-state index is 12.2. The summed E-state index contributed by atoms with van der Waals surface area (Å²) in [5, 5.41) is 15.5. The Kier molecular flexibility index (Phi) is 5.34. The van der Waals surface area contributed by atoms with Gasteiger partial charge in [-0.15, -0.1) is 10.2 Å². The van der Waals surface area contributed by atoms with Gasteiger partial charge in [-0.05, 0) is 38.5 Å². The molecule has 0 aliphatic heterocycles. The van der Waals surface area contributed by atoms with Crippen molar-refractivity contribution in [2.45, 2.75) is 33.2 Å². The van der Waals surface area contributed by atoms with Crippen LogP contribution in [-0.4, -0.2) is 44.1 Å². The highest BCUT2D eigenvalue weighted by Gasteiger charge is 2.15. The van der Waals surface area contributed by atoms with Crippen LogP contribution in [0.3, 0.4) is 0 Å². The SMILES string of the molecule is CCCOc1ccc(NC(=O)NC(C)C)cc1-c1nc2n[nH]nc2c(=O)[nH]1. The van der Waals surface area contributed by atoms with Crippen molar-refractivity contribution in [1.29, 1.82) is 0 Å². The number of H-pyrrole nitrogens is 2. The van der Waals surface area contributed by atoms with Crippen molar-refractivity contribution < 1.29 is 9.53 Å². The minimum absolute atomic E-state index is 0.00391. The van der Waals surface area contributed by atoms with Gasteiger partial charge in [0.25, 0.3) is 5.56 Å². The Bertz CT molecular complexity index is 1010. The molecule has 0 atom stereocenters. The number of nitrogens with one attached hydrogen (secondary N) is 4. The largest absolute Gasteiger partial charge is 0.493 e. The molecule has 2 amide bonds. The van der Waals surface area contributed by atoms with Gasteiger partial charge in [-0.25, -0.2) is 9.78 Å². The number of hydrogen-bond donors (Lipinski definition) is 4. The second-order valence-electron chi connectivity index (χ2n) is 6.22. The third-order valence-corrected chi connectivity index (χ3v) is 3.57. The normalized spacial score (nSPS) is 11.0. The van der Waals surface area contributed by atoms with Crippen molar-refractivity contribution in [3.63, 3.8) is 0 Å². The molecule has 0 aliphatic carbocycles. The number of rotatable bonds is 6. The molecule has 27 heavy (non-hydrogen) atoms. The number of aromatic nitrogens is 5. The number of amides is 2. The van der Waals surface area contributed by atoms with E-state index in [1.54, 1.807) is 18.2 Å². The highest BCUT2D eigenvalue weighted by Crippen LogP contribution is 2.30. The lowest BCUT2D eigenvalue weighted by atomic mass is 10.1. The highest BCUT2D eigenvalue weighted by atomic mass is 16.5. The summed E-state index contributed by atoms with van der Waals surface area (Å²) in [4.78, 5) is 31.2. The Morgan fingerprint density at radius 3 is 2.85 bits per heavy atom. The predicted molar refractivity (Wildman–Crippen MR) is 101 cm³/mol. The van der Waals surface area contributed by atoms with Crippen molar-refractivity contribution in [3.8, 4) is 17.1 Å². The fraction of sp³-hybridized carbons (Fsp3) is 0.353. The molecule has 4 N–H and O–H groups in total. The Balaban J connectivity index is 2.02. The van der Waals surface area contributed by atoms with Crippen molar-refractivity contribution >= 4 is 22.9 Å². The first kappa shape index (κ1) is 18.4. The lowest BCUT2D eigenvalue weighted by Crippen LogP contribution is -2.34. The van der Waals surface area contributed by atoms with E-state index in [-0.39, 0.29) is 29.1 Å². The third kappa shape index (κ3) is 4.22. The van der Waals surface area contributed by atoms with Crippen molar-refractivity contribution in [1.82, 2.24) is 30.7 Å². The van der Waals surface area contributed by atoms with E-state index in [1.807, 2.05) is 20.8 Å². The van der Waals surface area contributed by atoms with Gasteiger partial charge < -0.3 is 20.4 Å². The fourth-order valence-corrected chi connectivity index (χ4v) is 2.44. The van der Waals surface area contributed by atoms with Crippen molar-refractivity contribution in [2.75, 3.05) is 11.9 Å². The molecule has 142 valence electrons. The fourth-order valence-electron chi connectivity index (χ4n) is 2.44. The lowest BCUT2D eigenvalue weighted by molar-refractivity contribution is 0.250. The van der Waals surface area contributed by atoms with Crippen LogP contribution in [0.1, 0.15) is 27.2 Å². The van der Waals surface area contributed by atoms with E-state index in [2.05, 4.69) is 36.0 Å². The maximum Gasteiger partial charge on any atom is 0.319 e. The molecule has 3 rings (SSSR count). The van der Waals surface area contributed by atoms with Gasteiger partial charge in [-0.3, -0.25) is 4.79 Å². The summed E-state index contributed by atoms with van der Waals surface area (Å²) in [5.41, 5.74) is 0.982. The second-order valence-corrected chi connectivity index (χ2v) is 6.22. The molecular formula is C17H21N7O3. The first-order valence-electron chi connectivity index (χ1n) is 8.63. The van der Waals surface area contributed by atoms with Crippen LogP contribution in [0.15, 0.2) is 23.0 Å². The molecule has 0 saturated carbocycles. The standard InChI is InChI=1S/C17H21N7O3/c1-4-7-27-12-6-5-10(19-17(26)18-9(2)3)8-11(12)14-20-15-13(16(25)21-14)22-24-23-15/h5-6,8-9H,4,7H2,1-3H3,(H2,18,19,26)(H2,20,21,22,23,24,25). The highest BCUT2D eigenvalue weighted by molar-refractivity contribution is 5.90. The zero-order chi connectivity index (χ0) is 19.4. The average molecular weight is 371 g/mol. The van der Waals surface area contributed by atoms with Gasteiger partial charge >= 0.3 is 6.03 Å². The zero-order valence-corrected chi connectivity index (χ0v) is 15.3. The van der Waals surface area contributed by atoms with Crippen LogP contribution in [-0.2, 0) is 0 Å². The van der Waals surface area contributed by atoms with Gasteiger partial charge in [0.1, 0.15) is 11.6 Å². The number of hydrogen-bond acceptors (Lipinski definition) is 6. The summed E-state index contributed by atoms with van der Waals surface area (Å²) >= 11 is 0. The Hall–Kier alpha value is -3.43. The van der Waals surface area contributed by atoms with Crippen LogP contribution < -0.4 is 20.9 Å². The molecule has 0 saturated heterocycles. The quantitative estimate of drug-likeness (QED) is 0.523. The number of benzene rings is 1. The maximum atomic E-state index is 12.2. The zero-order valence-electron chi connectivity index (χ0n) is 15.3. The predicted octanol–water partition coefficient (Wildman–Crippen LogP) is 2.03. The van der Waals surface area contributed by atoms with Crippen LogP contribution >= 0.6 is 0 Å². The third-order valence-electron chi connectivity index (χ3n) is 3.57. The molecule has 0 bridgehead atoms. The second kappa shape index (κ2) is 7.85. The van der Waals surface area contributed by atoms with Gasteiger partial charge in [-0.1, -0.05) is 6.92 Å². The summed E-state index contributed by atoms with van der Waals surface area (Å²) < 4.78 is 5.76.